The molecule has 0 saturated carbocycles. The molecule has 0 N–H and O–H groups in total. The summed E-state index contributed by atoms with van der Waals surface area (Å²) in [6.45, 7) is 10.0. The van der Waals surface area contributed by atoms with E-state index in [1.165, 1.54) is 14.0 Å². The molecule has 0 aromatic rings. The van der Waals surface area contributed by atoms with Crippen LogP contribution in [0.1, 0.15) is 86.0 Å². The van der Waals surface area contributed by atoms with Crippen LogP contribution < -0.4 is 0 Å². The normalized spacial score (nSPS) is 34.4. The highest BCUT2D eigenvalue weighted by Gasteiger charge is 2.47. The molecular formula is C23H40O6. The minimum atomic E-state index is -0.515. The van der Waals surface area contributed by atoms with Crippen molar-refractivity contribution in [3.63, 3.8) is 0 Å². The zero-order valence-electron chi connectivity index (χ0n) is 19.1. The predicted molar refractivity (Wildman–Crippen MR) is 110 cm³/mol. The number of hydrogen-bond acceptors (Lipinski definition) is 6. The van der Waals surface area contributed by atoms with Gasteiger partial charge in [0.05, 0.1) is 25.4 Å². The average molecular weight is 413 g/mol. The second kappa shape index (κ2) is 10.8. The molecule has 2 aliphatic heterocycles. The number of hydrogen-bond donors (Lipinski definition) is 0. The Morgan fingerprint density at radius 3 is 2.34 bits per heavy atom. The van der Waals surface area contributed by atoms with Crippen LogP contribution in [0.3, 0.4) is 0 Å². The van der Waals surface area contributed by atoms with Crippen LogP contribution in [0.25, 0.3) is 0 Å². The summed E-state index contributed by atoms with van der Waals surface area (Å²) < 4.78 is 23.3. The summed E-state index contributed by atoms with van der Waals surface area (Å²) >= 11 is 0. The molecule has 2 heterocycles. The van der Waals surface area contributed by atoms with Gasteiger partial charge in [0.15, 0.2) is 5.79 Å². The van der Waals surface area contributed by atoms with E-state index in [1.54, 1.807) is 0 Å². The quantitative estimate of drug-likeness (QED) is 0.541. The van der Waals surface area contributed by atoms with Gasteiger partial charge in [0.2, 0.25) is 0 Å². The molecule has 0 aliphatic carbocycles. The maximum absolute atomic E-state index is 11.5. The lowest BCUT2D eigenvalue weighted by atomic mass is 9.80. The van der Waals surface area contributed by atoms with Crippen molar-refractivity contribution in [3.05, 3.63) is 0 Å². The lowest BCUT2D eigenvalue weighted by molar-refractivity contribution is -0.338. The first kappa shape index (κ1) is 24.1. The second-order valence-corrected chi connectivity index (χ2v) is 9.27. The lowest BCUT2D eigenvalue weighted by Gasteiger charge is -2.51. The summed E-state index contributed by atoms with van der Waals surface area (Å²) in [4.78, 5) is 22.7. The highest BCUT2D eigenvalue weighted by molar-refractivity contribution is 5.69. The Morgan fingerprint density at radius 2 is 1.72 bits per heavy atom. The maximum atomic E-state index is 11.5. The van der Waals surface area contributed by atoms with Crippen LogP contribution in [-0.2, 0) is 28.5 Å². The predicted octanol–water partition coefficient (Wildman–Crippen LogP) is 4.63. The van der Waals surface area contributed by atoms with Crippen molar-refractivity contribution < 1.29 is 28.5 Å². The summed E-state index contributed by atoms with van der Waals surface area (Å²) in [5.74, 6) is 0.256. The Bertz CT molecular complexity index is 545. The van der Waals surface area contributed by atoms with Crippen molar-refractivity contribution in [2.24, 2.45) is 17.8 Å². The molecule has 6 heteroatoms. The Labute approximate surface area is 176 Å². The van der Waals surface area contributed by atoms with E-state index in [-0.39, 0.29) is 36.2 Å². The molecular weight excluding hydrogens is 372 g/mol. The summed E-state index contributed by atoms with van der Waals surface area (Å²) in [7, 11) is 1.43. The standard InChI is InChI=1S/C23H40O6/c1-15-11-13-23(28-20(15)9-8-18(4)27-19(5)24)14-12-17(3)22(29-23)16(2)7-10-21(25)26-6/h15-18,20,22H,7-14H2,1-6H3/t15-,16-,17+,18?,20+,22+,23-/m1/s1. The van der Waals surface area contributed by atoms with Gasteiger partial charge in [-0.1, -0.05) is 20.8 Å². The summed E-state index contributed by atoms with van der Waals surface area (Å²) in [5, 5.41) is 0. The molecule has 0 radical (unpaired) electrons. The van der Waals surface area contributed by atoms with Crippen LogP contribution in [0.4, 0.5) is 0 Å². The van der Waals surface area contributed by atoms with Gasteiger partial charge in [0.25, 0.3) is 0 Å². The molecule has 168 valence electrons. The van der Waals surface area contributed by atoms with E-state index >= 15 is 0 Å². The smallest absolute Gasteiger partial charge is 0.305 e. The highest BCUT2D eigenvalue weighted by Crippen LogP contribution is 2.45. The van der Waals surface area contributed by atoms with Crippen LogP contribution in [0.2, 0.25) is 0 Å². The molecule has 2 rings (SSSR count). The van der Waals surface area contributed by atoms with E-state index in [2.05, 4.69) is 20.8 Å². The Morgan fingerprint density at radius 1 is 1.07 bits per heavy atom. The van der Waals surface area contributed by atoms with Crippen molar-refractivity contribution in [1.29, 1.82) is 0 Å². The van der Waals surface area contributed by atoms with Gasteiger partial charge in [-0.15, -0.1) is 0 Å². The molecule has 6 nitrogen and oxygen atoms in total. The molecule has 29 heavy (non-hydrogen) atoms. The van der Waals surface area contributed by atoms with Crippen LogP contribution in [0.15, 0.2) is 0 Å². The summed E-state index contributed by atoms with van der Waals surface area (Å²) in [6, 6.07) is 0. The van der Waals surface area contributed by atoms with Crippen LogP contribution in [-0.4, -0.2) is 43.1 Å². The first-order valence-electron chi connectivity index (χ1n) is 11.3. The van der Waals surface area contributed by atoms with Gasteiger partial charge < -0.3 is 18.9 Å². The maximum Gasteiger partial charge on any atom is 0.305 e. The molecule has 0 bridgehead atoms. The van der Waals surface area contributed by atoms with Gasteiger partial charge in [-0.05, 0) is 56.8 Å². The van der Waals surface area contributed by atoms with Crippen LogP contribution in [0.5, 0.6) is 0 Å². The Kier molecular flexibility index (Phi) is 8.95. The van der Waals surface area contributed by atoms with Crippen molar-refractivity contribution >= 4 is 11.9 Å². The lowest BCUT2D eigenvalue weighted by Crippen LogP contribution is -2.53. The second-order valence-electron chi connectivity index (χ2n) is 9.27. The number of ether oxygens (including phenoxy) is 4. The number of carbonyl (C=O) groups is 2. The fraction of sp³-hybridized carbons (Fsp3) is 0.913. The van der Waals surface area contributed by atoms with E-state index in [9.17, 15) is 9.59 Å². The molecule has 0 aromatic carbocycles. The Hall–Kier alpha value is -1.14. The Balaban J connectivity index is 1.96. The summed E-state index contributed by atoms with van der Waals surface area (Å²) in [6.07, 6.45) is 6.90. The van der Waals surface area contributed by atoms with Gasteiger partial charge in [0, 0.05) is 26.2 Å². The molecule has 0 aromatic heterocycles. The van der Waals surface area contributed by atoms with Gasteiger partial charge in [-0.3, -0.25) is 9.59 Å². The van der Waals surface area contributed by atoms with E-state index in [0.717, 1.165) is 44.9 Å². The SMILES string of the molecule is COC(=O)CC[C@@H](C)[C@@H]1O[C@]2(CC[C@@H](C)[C@H](CCC(C)OC(C)=O)O2)CC[C@@H]1C. The highest BCUT2D eigenvalue weighted by atomic mass is 16.7. The zero-order chi connectivity index (χ0) is 21.6. The third-order valence-electron chi connectivity index (χ3n) is 6.69. The third kappa shape index (κ3) is 6.95. The third-order valence-corrected chi connectivity index (χ3v) is 6.69. The molecule has 2 fully saturated rings. The van der Waals surface area contributed by atoms with Gasteiger partial charge in [-0.2, -0.15) is 0 Å². The number of carbonyl (C=O) groups excluding carboxylic acids is 2. The number of methoxy groups -OCH3 is 1. The fourth-order valence-electron chi connectivity index (χ4n) is 4.76. The molecule has 7 atom stereocenters. The van der Waals surface area contributed by atoms with E-state index < -0.39 is 5.79 Å². The number of rotatable bonds is 8. The fourth-order valence-corrected chi connectivity index (χ4v) is 4.76. The van der Waals surface area contributed by atoms with Crippen molar-refractivity contribution in [3.8, 4) is 0 Å². The topological polar surface area (TPSA) is 71.1 Å². The van der Waals surface area contributed by atoms with Crippen LogP contribution in [0, 0.1) is 17.8 Å². The first-order chi connectivity index (χ1) is 13.7. The van der Waals surface area contributed by atoms with Crippen molar-refractivity contribution in [2.75, 3.05) is 7.11 Å². The zero-order valence-corrected chi connectivity index (χ0v) is 19.1. The molecule has 1 spiro atoms. The van der Waals surface area contributed by atoms with Crippen LogP contribution >= 0.6 is 0 Å². The minimum Gasteiger partial charge on any atom is -0.469 e. The van der Waals surface area contributed by atoms with E-state index in [1.807, 2.05) is 6.92 Å². The van der Waals surface area contributed by atoms with Crippen molar-refractivity contribution in [2.45, 2.75) is 110 Å². The largest absolute Gasteiger partial charge is 0.469 e. The van der Waals surface area contributed by atoms with Gasteiger partial charge >= 0.3 is 11.9 Å². The van der Waals surface area contributed by atoms with Crippen molar-refractivity contribution in [1.82, 2.24) is 0 Å². The monoisotopic (exact) mass is 412 g/mol. The average Bonchev–Trinajstić information content (AvgIpc) is 2.68. The minimum absolute atomic E-state index is 0.0856. The first-order valence-corrected chi connectivity index (χ1v) is 11.3. The van der Waals surface area contributed by atoms with E-state index in [0.29, 0.717) is 18.3 Å². The molecule has 0 amide bonds. The molecule has 1 unspecified atom stereocenters. The van der Waals surface area contributed by atoms with Gasteiger partial charge in [-0.25, -0.2) is 0 Å². The van der Waals surface area contributed by atoms with E-state index in [4.69, 9.17) is 18.9 Å². The van der Waals surface area contributed by atoms with Gasteiger partial charge in [0.1, 0.15) is 0 Å². The summed E-state index contributed by atoms with van der Waals surface area (Å²) in [5.41, 5.74) is 0. The molecule has 2 saturated heterocycles. The molecule has 2 aliphatic rings. The number of esters is 2.